The van der Waals surface area contributed by atoms with Crippen molar-refractivity contribution < 1.29 is 4.79 Å². The van der Waals surface area contributed by atoms with Gasteiger partial charge in [-0.25, -0.2) is 0 Å². The molecule has 0 bridgehead atoms. The van der Waals surface area contributed by atoms with Gasteiger partial charge in [0.2, 0.25) is 5.91 Å². The molecule has 1 spiro atoms. The van der Waals surface area contributed by atoms with Gasteiger partial charge in [0.05, 0.1) is 11.1 Å². The van der Waals surface area contributed by atoms with Crippen molar-refractivity contribution in [2.75, 3.05) is 18.4 Å². The molecule has 2 aromatic rings. The van der Waals surface area contributed by atoms with Crippen LogP contribution in [0.4, 0.5) is 5.69 Å². The van der Waals surface area contributed by atoms with Crippen LogP contribution < -0.4 is 5.32 Å². The molecule has 1 saturated heterocycles. The van der Waals surface area contributed by atoms with Crippen LogP contribution in [-0.2, 0) is 18.3 Å². The zero-order chi connectivity index (χ0) is 16.0. The Bertz CT molecular complexity index is 834. The normalized spacial score (nSPS) is 22.8. The molecule has 23 heavy (non-hydrogen) atoms. The highest BCUT2D eigenvalue weighted by Crippen LogP contribution is 2.41. The lowest BCUT2D eigenvalue weighted by atomic mass is 9.76. The third-order valence-electron chi connectivity index (χ3n) is 4.98. The predicted molar refractivity (Wildman–Crippen MR) is 85.2 cm³/mol. The van der Waals surface area contributed by atoms with E-state index in [1.807, 2.05) is 29.9 Å². The summed E-state index contributed by atoms with van der Waals surface area (Å²) in [5, 5.41) is 16.3. The van der Waals surface area contributed by atoms with Gasteiger partial charge in [-0.2, -0.15) is 10.4 Å². The molecule has 3 heterocycles. The highest BCUT2D eigenvalue weighted by molar-refractivity contribution is 5.99. The molecule has 1 atom stereocenters. The van der Waals surface area contributed by atoms with Crippen LogP contribution in [0.2, 0.25) is 0 Å². The first-order valence-corrected chi connectivity index (χ1v) is 7.69. The fourth-order valence-corrected chi connectivity index (χ4v) is 3.67. The number of aryl methyl sites for hydroxylation is 1. The number of hydrogen-bond donors (Lipinski definition) is 1. The average molecular weight is 307 g/mol. The third kappa shape index (κ3) is 2.08. The summed E-state index contributed by atoms with van der Waals surface area (Å²) in [5.74, 6) is 0.0380. The number of carbonyl (C=O) groups excluding carboxylic acids is 1. The first-order valence-electron chi connectivity index (χ1n) is 7.69. The molecule has 6 heteroatoms. The smallest absolute Gasteiger partial charge is 0.232 e. The third-order valence-corrected chi connectivity index (χ3v) is 4.98. The number of carbonyl (C=O) groups is 1. The molecule has 0 aliphatic carbocycles. The molecule has 4 rings (SSSR count). The second-order valence-corrected chi connectivity index (χ2v) is 6.39. The number of nitrogens with zero attached hydrogens (tertiary/aromatic N) is 4. The molecular formula is C17H17N5O. The molecule has 6 nitrogen and oxygen atoms in total. The van der Waals surface area contributed by atoms with Crippen molar-refractivity contribution in [3.05, 3.63) is 36.0 Å². The highest BCUT2D eigenvalue weighted by Gasteiger charge is 2.47. The van der Waals surface area contributed by atoms with E-state index in [0.717, 1.165) is 28.9 Å². The molecule has 1 aromatic carbocycles. The van der Waals surface area contributed by atoms with E-state index in [-0.39, 0.29) is 5.91 Å². The lowest BCUT2D eigenvalue weighted by Gasteiger charge is -2.33. The number of likely N-dealkylation sites (tertiary alicyclic amines) is 1. The Morgan fingerprint density at radius 1 is 1.39 bits per heavy atom. The van der Waals surface area contributed by atoms with Crippen molar-refractivity contribution >= 4 is 11.6 Å². The minimum absolute atomic E-state index is 0.0380. The van der Waals surface area contributed by atoms with Crippen molar-refractivity contribution in [2.24, 2.45) is 12.5 Å². The van der Waals surface area contributed by atoms with E-state index in [2.05, 4.69) is 22.7 Å². The van der Waals surface area contributed by atoms with Crippen LogP contribution in [-0.4, -0.2) is 33.7 Å². The van der Waals surface area contributed by atoms with Gasteiger partial charge in [0.15, 0.2) is 6.19 Å². The molecule has 2 aliphatic heterocycles. The van der Waals surface area contributed by atoms with Gasteiger partial charge in [-0.3, -0.25) is 9.48 Å². The molecule has 1 N–H and O–H groups in total. The van der Waals surface area contributed by atoms with Crippen molar-refractivity contribution in [1.82, 2.24) is 14.7 Å². The molecule has 1 fully saturated rings. The van der Waals surface area contributed by atoms with E-state index in [9.17, 15) is 4.79 Å². The topological polar surface area (TPSA) is 74.0 Å². The van der Waals surface area contributed by atoms with Gasteiger partial charge in [-0.15, -0.1) is 0 Å². The summed E-state index contributed by atoms with van der Waals surface area (Å²) >= 11 is 0. The van der Waals surface area contributed by atoms with E-state index in [4.69, 9.17) is 5.26 Å². The van der Waals surface area contributed by atoms with Crippen molar-refractivity contribution in [3.8, 4) is 17.5 Å². The number of benzene rings is 1. The SMILES string of the molecule is Cn1nccc1-c1ccc2c(c1)C[C@]1(CCN(C#N)C1)C(=O)N2. The van der Waals surface area contributed by atoms with E-state index < -0.39 is 5.41 Å². The first-order chi connectivity index (χ1) is 11.1. The number of nitriles is 1. The number of anilines is 1. The van der Waals surface area contributed by atoms with Crippen LogP contribution in [0.25, 0.3) is 11.3 Å². The molecular weight excluding hydrogens is 290 g/mol. The van der Waals surface area contributed by atoms with E-state index in [1.165, 1.54) is 0 Å². The molecule has 0 unspecified atom stereocenters. The summed E-state index contributed by atoms with van der Waals surface area (Å²) < 4.78 is 1.84. The quantitative estimate of drug-likeness (QED) is 0.815. The molecule has 2 aliphatic rings. The summed E-state index contributed by atoms with van der Waals surface area (Å²) in [5.41, 5.74) is 3.66. The zero-order valence-electron chi connectivity index (χ0n) is 12.9. The molecule has 1 amide bonds. The number of aromatic nitrogens is 2. The van der Waals surface area contributed by atoms with Gasteiger partial charge in [0.1, 0.15) is 0 Å². The van der Waals surface area contributed by atoms with Crippen LogP contribution in [0, 0.1) is 16.9 Å². The number of nitrogens with one attached hydrogen (secondary N) is 1. The van der Waals surface area contributed by atoms with Crippen molar-refractivity contribution in [3.63, 3.8) is 0 Å². The highest BCUT2D eigenvalue weighted by atomic mass is 16.2. The lowest BCUT2D eigenvalue weighted by molar-refractivity contribution is -0.125. The maximum absolute atomic E-state index is 12.5. The molecule has 0 radical (unpaired) electrons. The second kappa shape index (κ2) is 4.85. The fraction of sp³-hybridized carbons (Fsp3) is 0.353. The standard InChI is InChI=1S/C17H17N5O/c1-21-15(4-6-19-21)12-2-3-14-13(8-12)9-17(16(23)20-14)5-7-22(10-17)11-18/h2-4,6,8H,5,7,9-10H2,1H3,(H,20,23)/t17-/m0/s1. The summed E-state index contributed by atoms with van der Waals surface area (Å²) in [6, 6.07) is 8.07. The maximum atomic E-state index is 12.5. The van der Waals surface area contributed by atoms with Gasteiger partial charge in [0.25, 0.3) is 0 Å². The maximum Gasteiger partial charge on any atom is 0.232 e. The Morgan fingerprint density at radius 2 is 2.26 bits per heavy atom. The Kier molecular flexibility index (Phi) is 2.91. The van der Waals surface area contributed by atoms with Crippen LogP contribution in [0.15, 0.2) is 30.5 Å². The second-order valence-electron chi connectivity index (χ2n) is 6.39. The Balaban J connectivity index is 1.72. The number of fused-ring (bicyclic) bond motifs is 1. The lowest BCUT2D eigenvalue weighted by Crippen LogP contribution is -2.43. The largest absolute Gasteiger partial charge is 0.325 e. The van der Waals surface area contributed by atoms with E-state index in [0.29, 0.717) is 19.5 Å². The molecule has 1 aromatic heterocycles. The van der Waals surface area contributed by atoms with Crippen LogP contribution in [0.1, 0.15) is 12.0 Å². The van der Waals surface area contributed by atoms with Crippen LogP contribution >= 0.6 is 0 Å². The fourth-order valence-electron chi connectivity index (χ4n) is 3.67. The molecule has 116 valence electrons. The summed E-state index contributed by atoms with van der Waals surface area (Å²) in [7, 11) is 1.92. The summed E-state index contributed by atoms with van der Waals surface area (Å²) in [6.45, 7) is 1.16. The van der Waals surface area contributed by atoms with E-state index >= 15 is 0 Å². The van der Waals surface area contributed by atoms with Gasteiger partial charge in [-0.1, -0.05) is 6.07 Å². The average Bonchev–Trinajstić information content (AvgIpc) is 3.15. The minimum Gasteiger partial charge on any atom is -0.325 e. The Hall–Kier alpha value is -2.81. The number of amides is 1. The zero-order valence-corrected chi connectivity index (χ0v) is 12.9. The Labute approximate surface area is 134 Å². The van der Waals surface area contributed by atoms with Crippen molar-refractivity contribution in [2.45, 2.75) is 12.8 Å². The van der Waals surface area contributed by atoms with Gasteiger partial charge < -0.3 is 10.2 Å². The number of rotatable bonds is 1. The van der Waals surface area contributed by atoms with E-state index in [1.54, 1.807) is 11.1 Å². The van der Waals surface area contributed by atoms with Gasteiger partial charge in [0, 0.05) is 37.6 Å². The van der Waals surface area contributed by atoms with Gasteiger partial charge >= 0.3 is 0 Å². The minimum atomic E-state index is -0.478. The number of hydrogen-bond acceptors (Lipinski definition) is 4. The van der Waals surface area contributed by atoms with Crippen molar-refractivity contribution in [1.29, 1.82) is 5.26 Å². The summed E-state index contributed by atoms with van der Waals surface area (Å²) in [6.07, 6.45) is 5.34. The predicted octanol–water partition coefficient (Wildman–Crippen LogP) is 1.75. The monoisotopic (exact) mass is 307 g/mol. The Morgan fingerprint density at radius 3 is 2.96 bits per heavy atom. The van der Waals surface area contributed by atoms with Gasteiger partial charge in [-0.05, 0) is 36.6 Å². The summed E-state index contributed by atoms with van der Waals surface area (Å²) in [4.78, 5) is 14.2. The molecule has 0 saturated carbocycles. The van der Waals surface area contributed by atoms with Crippen LogP contribution in [0.5, 0.6) is 0 Å². The first kappa shape index (κ1) is 13.8. The van der Waals surface area contributed by atoms with Crippen LogP contribution in [0.3, 0.4) is 0 Å².